The Hall–Kier alpha value is -3.86. The first-order valence-corrected chi connectivity index (χ1v) is 10.9. The van der Waals surface area contributed by atoms with Crippen molar-refractivity contribution in [3.63, 3.8) is 0 Å². The third kappa shape index (κ3) is 4.34. The lowest BCUT2D eigenvalue weighted by molar-refractivity contribution is 0.160. The SMILES string of the molecule is Cc1nccc(OC2CN(c3cnn(Cc4c(-c5ccc(Cl)cc5F)nnn4C)c(=O)c3)C2)n1. The molecule has 0 bridgehead atoms. The maximum Gasteiger partial charge on any atom is 0.269 e. The average molecular weight is 483 g/mol. The summed E-state index contributed by atoms with van der Waals surface area (Å²) in [4.78, 5) is 23.1. The number of aromatic nitrogens is 7. The van der Waals surface area contributed by atoms with Crippen LogP contribution in [0.5, 0.6) is 5.88 Å². The van der Waals surface area contributed by atoms with Gasteiger partial charge in [-0.3, -0.25) is 4.79 Å². The maximum absolute atomic E-state index is 14.5. The first kappa shape index (κ1) is 22.0. The number of hydrogen-bond acceptors (Lipinski definition) is 8. The monoisotopic (exact) mass is 482 g/mol. The Morgan fingerprint density at radius 1 is 1.24 bits per heavy atom. The zero-order valence-corrected chi connectivity index (χ0v) is 19.1. The Labute approximate surface area is 198 Å². The van der Waals surface area contributed by atoms with Crippen LogP contribution in [0.2, 0.25) is 5.02 Å². The molecule has 174 valence electrons. The highest BCUT2D eigenvalue weighted by Gasteiger charge is 2.30. The van der Waals surface area contributed by atoms with Gasteiger partial charge in [0.1, 0.15) is 23.4 Å². The van der Waals surface area contributed by atoms with Gasteiger partial charge in [0.15, 0.2) is 0 Å². The van der Waals surface area contributed by atoms with Crippen LogP contribution in [-0.2, 0) is 13.6 Å². The predicted octanol–water partition coefficient (Wildman–Crippen LogP) is 2.25. The summed E-state index contributed by atoms with van der Waals surface area (Å²) >= 11 is 5.86. The van der Waals surface area contributed by atoms with E-state index in [0.717, 1.165) is 0 Å². The van der Waals surface area contributed by atoms with Gasteiger partial charge in [0.2, 0.25) is 5.88 Å². The lowest BCUT2D eigenvalue weighted by Gasteiger charge is -2.40. The van der Waals surface area contributed by atoms with E-state index >= 15 is 0 Å². The molecule has 4 aromatic rings. The Bertz CT molecular complexity index is 1420. The molecule has 0 saturated carbocycles. The van der Waals surface area contributed by atoms with Crippen molar-refractivity contribution in [1.82, 2.24) is 34.7 Å². The molecule has 10 nitrogen and oxygen atoms in total. The van der Waals surface area contributed by atoms with E-state index in [1.54, 1.807) is 38.5 Å². The van der Waals surface area contributed by atoms with E-state index < -0.39 is 5.82 Å². The van der Waals surface area contributed by atoms with Crippen molar-refractivity contribution in [3.8, 4) is 17.1 Å². The van der Waals surface area contributed by atoms with E-state index in [1.807, 2.05) is 4.90 Å². The van der Waals surface area contributed by atoms with E-state index in [0.29, 0.717) is 41.9 Å². The number of hydrogen-bond donors (Lipinski definition) is 0. The third-order valence-corrected chi connectivity index (χ3v) is 5.77. The topological polar surface area (TPSA) is 104 Å². The molecule has 1 aliphatic heterocycles. The van der Waals surface area contributed by atoms with Gasteiger partial charge in [0.25, 0.3) is 5.56 Å². The van der Waals surface area contributed by atoms with Crippen LogP contribution in [0.4, 0.5) is 10.1 Å². The number of nitrogens with zero attached hydrogens (tertiary/aromatic N) is 8. The van der Waals surface area contributed by atoms with Crippen LogP contribution in [0, 0.1) is 12.7 Å². The molecule has 0 atom stereocenters. The van der Waals surface area contributed by atoms with E-state index in [1.165, 1.54) is 27.6 Å². The standard InChI is InChI=1S/C22H20ClFN8O2/c1-13-25-6-5-20(27-13)34-16-10-31(11-16)15-8-21(33)32(26-9-15)12-19-22(28-29-30(19)2)17-4-3-14(23)7-18(17)24/h3-9,16H,10-12H2,1-2H3. The predicted molar refractivity (Wildman–Crippen MR) is 122 cm³/mol. The molecule has 0 amide bonds. The van der Waals surface area contributed by atoms with E-state index in [2.05, 4.69) is 25.4 Å². The fourth-order valence-corrected chi connectivity index (χ4v) is 3.86. The fraction of sp³-hybridized carbons (Fsp3) is 0.273. The van der Waals surface area contributed by atoms with Crippen molar-refractivity contribution in [1.29, 1.82) is 0 Å². The van der Waals surface area contributed by atoms with Crippen molar-refractivity contribution in [2.75, 3.05) is 18.0 Å². The molecule has 0 unspecified atom stereocenters. The Balaban J connectivity index is 1.29. The Morgan fingerprint density at radius 2 is 2.06 bits per heavy atom. The molecule has 5 rings (SSSR count). The van der Waals surface area contributed by atoms with Crippen LogP contribution in [0.1, 0.15) is 11.5 Å². The second-order valence-electron chi connectivity index (χ2n) is 7.93. The Kier molecular flexibility index (Phi) is 5.70. The van der Waals surface area contributed by atoms with Gasteiger partial charge in [0.05, 0.1) is 37.2 Å². The van der Waals surface area contributed by atoms with Crippen molar-refractivity contribution >= 4 is 17.3 Å². The molecule has 3 aromatic heterocycles. The number of anilines is 1. The minimum absolute atomic E-state index is 0.0333. The maximum atomic E-state index is 14.5. The largest absolute Gasteiger partial charge is 0.470 e. The normalized spacial score (nSPS) is 13.7. The van der Waals surface area contributed by atoms with Crippen LogP contribution < -0.4 is 15.2 Å². The molecule has 0 aliphatic carbocycles. The first-order valence-electron chi connectivity index (χ1n) is 10.5. The molecular formula is C22H20ClFN8O2. The second-order valence-corrected chi connectivity index (χ2v) is 8.37. The van der Waals surface area contributed by atoms with Gasteiger partial charge in [0, 0.05) is 36.0 Å². The van der Waals surface area contributed by atoms with E-state index in [9.17, 15) is 9.18 Å². The summed E-state index contributed by atoms with van der Waals surface area (Å²) in [6.45, 7) is 3.11. The van der Waals surface area contributed by atoms with Gasteiger partial charge in [-0.15, -0.1) is 5.10 Å². The smallest absolute Gasteiger partial charge is 0.269 e. The van der Waals surface area contributed by atoms with Crippen LogP contribution in [-0.4, -0.2) is 53.9 Å². The number of ether oxygens (including phenoxy) is 1. The molecule has 0 spiro atoms. The molecule has 0 radical (unpaired) electrons. The quantitative estimate of drug-likeness (QED) is 0.412. The van der Waals surface area contributed by atoms with Crippen LogP contribution >= 0.6 is 11.6 Å². The molecule has 4 heterocycles. The second kappa shape index (κ2) is 8.82. The molecule has 34 heavy (non-hydrogen) atoms. The van der Waals surface area contributed by atoms with Gasteiger partial charge in [-0.05, 0) is 25.1 Å². The van der Waals surface area contributed by atoms with Gasteiger partial charge in [-0.1, -0.05) is 16.8 Å². The van der Waals surface area contributed by atoms with Crippen LogP contribution in [0.3, 0.4) is 0 Å². The minimum Gasteiger partial charge on any atom is -0.470 e. The summed E-state index contributed by atoms with van der Waals surface area (Å²) in [5.41, 5.74) is 1.53. The summed E-state index contributed by atoms with van der Waals surface area (Å²) in [7, 11) is 1.68. The van der Waals surface area contributed by atoms with Gasteiger partial charge in [-0.25, -0.2) is 18.7 Å². The highest BCUT2D eigenvalue weighted by atomic mass is 35.5. The highest BCUT2D eigenvalue weighted by Crippen LogP contribution is 2.27. The number of rotatable bonds is 6. The first-order chi connectivity index (χ1) is 16.4. The molecule has 0 N–H and O–H groups in total. The molecule has 1 saturated heterocycles. The lowest BCUT2D eigenvalue weighted by atomic mass is 10.1. The fourth-order valence-electron chi connectivity index (χ4n) is 3.70. The van der Waals surface area contributed by atoms with Crippen molar-refractivity contribution < 1.29 is 9.13 Å². The van der Waals surface area contributed by atoms with E-state index in [4.69, 9.17) is 16.3 Å². The Morgan fingerprint density at radius 3 is 2.79 bits per heavy atom. The third-order valence-electron chi connectivity index (χ3n) is 5.53. The zero-order chi connectivity index (χ0) is 23.8. The lowest BCUT2D eigenvalue weighted by Crippen LogP contribution is -2.54. The van der Waals surface area contributed by atoms with Crippen LogP contribution in [0.15, 0.2) is 47.5 Å². The van der Waals surface area contributed by atoms with Crippen molar-refractivity contribution in [3.05, 3.63) is 75.4 Å². The molecule has 12 heteroatoms. The summed E-state index contributed by atoms with van der Waals surface area (Å²) < 4.78 is 23.1. The van der Waals surface area contributed by atoms with Crippen molar-refractivity contribution in [2.45, 2.75) is 19.6 Å². The molecule has 1 aromatic carbocycles. The average Bonchev–Trinajstić information content (AvgIpc) is 3.12. The summed E-state index contributed by atoms with van der Waals surface area (Å²) in [5.74, 6) is 0.659. The number of aryl methyl sites for hydroxylation is 2. The number of halogens is 2. The summed E-state index contributed by atoms with van der Waals surface area (Å²) in [5, 5.41) is 12.7. The van der Waals surface area contributed by atoms with E-state index in [-0.39, 0.29) is 28.8 Å². The molecular weight excluding hydrogens is 463 g/mol. The summed E-state index contributed by atoms with van der Waals surface area (Å²) in [6, 6.07) is 7.56. The van der Waals surface area contributed by atoms with Gasteiger partial charge >= 0.3 is 0 Å². The molecule has 1 fully saturated rings. The van der Waals surface area contributed by atoms with Crippen LogP contribution in [0.25, 0.3) is 11.3 Å². The van der Waals surface area contributed by atoms with Gasteiger partial charge in [-0.2, -0.15) is 10.1 Å². The number of benzene rings is 1. The minimum atomic E-state index is -0.517. The summed E-state index contributed by atoms with van der Waals surface area (Å²) in [6.07, 6.45) is 3.25. The zero-order valence-electron chi connectivity index (χ0n) is 18.4. The highest BCUT2D eigenvalue weighted by molar-refractivity contribution is 6.30. The van der Waals surface area contributed by atoms with Crippen molar-refractivity contribution in [2.24, 2.45) is 7.05 Å². The molecule has 1 aliphatic rings. The van der Waals surface area contributed by atoms with Gasteiger partial charge < -0.3 is 9.64 Å².